The van der Waals surface area contributed by atoms with E-state index < -0.39 is 5.60 Å². The summed E-state index contributed by atoms with van der Waals surface area (Å²) in [5.41, 5.74) is 5.80. The van der Waals surface area contributed by atoms with Gasteiger partial charge in [-0.3, -0.25) is 0 Å². The third-order valence-corrected chi connectivity index (χ3v) is 3.51. The quantitative estimate of drug-likeness (QED) is 0.229. The van der Waals surface area contributed by atoms with Crippen LogP contribution in [0.1, 0.15) is 33.3 Å². The summed E-state index contributed by atoms with van der Waals surface area (Å²) in [6.07, 6.45) is 1.86. The van der Waals surface area contributed by atoms with E-state index in [-0.39, 0.29) is 5.54 Å². The van der Waals surface area contributed by atoms with Gasteiger partial charge in [0.05, 0.1) is 13.2 Å². The van der Waals surface area contributed by atoms with Crippen LogP contribution in [-0.2, 0) is 9.47 Å². The van der Waals surface area contributed by atoms with Crippen molar-refractivity contribution in [2.24, 2.45) is 16.7 Å². The molecule has 0 saturated heterocycles. The molecule has 0 bridgehead atoms. The molecule has 0 aliphatic carbocycles. The first kappa shape index (κ1) is 21.3. The van der Waals surface area contributed by atoms with Gasteiger partial charge >= 0.3 is 0 Å². The molecule has 4 N–H and O–H groups in total. The molecule has 1 aromatic rings. The molecule has 0 aliphatic rings. The van der Waals surface area contributed by atoms with Crippen molar-refractivity contribution in [3.05, 3.63) is 41.5 Å². The summed E-state index contributed by atoms with van der Waals surface area (Å²) in [7, 11) is 0. The molecule has 0 aromatic heterocycles. The Kier molecular flexibility index (Phi) is 7.79. The van der Waals surface area contributed by atoms with Crippen LogP contribution >= 0.6 is 11.8 Å². The Morgan fingerprint density at radius 3 is 2.24 bits per heavy atom. The number of ether oxygens (including phenoxy) is 3. The van der Waals surface area contributed by atoms with Crippen LogP contribution in [0, 0.1) is 0 Å². The topological polar surface area (TPSA) is 92.1 Å². The van der Waals surface area contributed by atoms with Crippen LogP contribution < -0.4 is 16.3 Å². The molecule has 0 unspecified atom stereocenters. The number of rotatable bonds is 9. The van der Waals surface area contributed by atoms with E-state index in [9.17, 15) is 0 Å². The maximum Gasteiger partial charge on any atom is 0.243 e. The molecular formula is C18H29N3O3S. The van der Waals surface area contributed by atoms with Gasteiger partial charge in [0.25, 0.3) is 0 Å². The molecule has 0 radical (unpaired) electrons. The second-order valence-corrected chi connectivity index (χ2v) is 7.84. The van der Waals surface area contributed by atoms with E-state index in [0.29, 0.717) is 30.0 Å². The summed E-state index contributed by atoms with van der Waals surface area (Å²) in [6, 6.07) is 7.32. The Balaban J connectivity index is 2.67. The monoisotopic (exact) mass is 367 g/mol. The van der Waals surface area contributed by atoms with Crippen molar-refractivity contribution in [2.75, 3.05) is 19.5 Å². The van der Waals surface area contributed by atoms with E-state index in [4.69, 9.17) is 25.8 Å². The fraction of sp³-hybridized carbons (Fsp3) is 0.500. The lowest BCUT2D eigenvalue weighted by molar-refractivity contribution is -0.0151. The molecule has 1 rings (SSSR count). The highest BCUT2D eigenvalue weighted by Crippen LogP contribution is 2.21. The third kappa shape index (κ3) is 8.29. The lowest BCUT2D eigenvalue weighted by Crippen LogP contribution is -2.41. The summed E-state index contributed by atoms with van der Waals surface area (Å²) in [4.78, 5) is 0. The van der Waals surface area contributed by atoms with Crippen LogP contribution in [0.3, 0.4) is 0 Å². The number of nitrogens with two attached hydrogens (primary N) is 2. The maximum absolute atomic E-state index is 5.99. The van der Waals surface area contributed by atoms with Crippen LogP contribution in [0.15, 0.2) is 41.0 Å². The van der Waals surface area contributed by atoms with Gasteiger partial charge in [0, 0.05) is 11.1 Å². The molecule has 6 nitrogen and oxygen atoms in total. The van der Waals surface area contributed by atoms with E-state index >= 15 is 0 Å². The Labute approximate surface area is 154 Å². The minimum Gasteiger partial charge on any atom is -0.485 e. The largest absolute Gasteiger partial charge is 0.485 e. The average Bonchev–Trinajstić information content (AvgIpc) is 2.51. The zero-order valence-electron chi connectivity index (χ0n) is 15.7. The summed E-state index contributed by atoms with van der Waals surface area (Å²) in [6.45, 7) is 12.4. The smallest absolute Gasteiger partial charge is 0.243 e. The van der Waals surface area contributed by atoms with Gasteiger partial charge in [-0.05, 0) is 64.8 Å². The normalized spacial score (nSPS) is 12.8. The minimum atomic E-state index is -0.485. The summed E-state index contributed by atoms with van der Waals surface area (Å²) < 4.78 is 17.1. The van der Waals surface area contributed by atoms with E-state index in [0.717, 1.165) is 5.56 Å². The SMILES string of the molecule is C=C(O/C(=N\N)c1ccc(OC(C)(C)COCC(C)(C)N)cc1)SC. The summed E-state index contributed by atoms with van der Waals surface area (Å²) >= 11 is 1.38. The van der Waals surface area contributed by atoms with Crippen LogP contribution in [0.2, 0.25) is 0 Å². The Morgan fingerprint density at radius 1 is 1.16 bits per heavy atom. The molecule has 0 amide bonds. The Hall–Kier alpha value is -1.70. The number of hydrazone groups is 1. The lowest BCUT2D eigenvalue weighted by atomic mass is 10.1. The van der Waals surface area contributed by atoms with Gasteiger partial charge in [-0.1, -0.05) is 11.8 Å². The summed E-state index contributed by atoms with van der Waals surface area (Å²) in [5, 5.41) is 4.18. The summed E-state index contributed by atoms with van der Waals surface area (Å²) in [5.74, 6) is 6.41. The van der Waals surface area contributed by atoms with Crippen molar-refractivity contribution in [1.29, 1.82) is 0 Å². The molecular weight excluding hydrogens is 338 g/mol. The highest BCUT2D eigenvalue weighted by atomic mass is 32.2. The first-order chi connectivity index (χ1) is 11.6. The van der Waals surface area contributed by atoms with Crippen molar-refractivity contribution in [2.45, 2.75) is 38.8 Å². The number of hydrogen-bond donors (Lipinski definition) is 2. The van der Waals surface area contributed by atoms with Crippen LogP contribution in [0.5, 0.6) is 5.75 Å². The first-order valence-electron chi connectivity index (χ1n) is 7.91. The lowest BCUT2D eigenvalue weighted by Gasteiger charge is -2.28. The predicted molar refractivity (Wildman–Crippen MR) is 105 cm³/mol. The van der Waals surface area contributed by atoms with E-state index in [1.165, 1.54) is 11.8 Å². The Morgan fingerprint density at radius 2 is 1.76 bits per heavy atom. The predicted octanol–water partition coefficient (Wildman–Crippen LogP) is 3.07. The molecule has 0 aliphatic heterocycles. The minimum absolute atomic E-state index is 0.304. The zero-order chi connectivity index (χ0) is 19.1. The fourth-order valence-electron chi connectivity index (χ4n) is 1.88. The second-order valence-electron chi connectivity index (χ2n) is 6.98. The molecule has 0 saturated carbocycles. The third-order valence-electron chi connectivity index (χ3n) is 2.97. The highest BCUT2D eigenvalue weighted by molar-refractivity contribution is 8.02. The molecule has 0 spiro atoms. The van der Waals surface area contributed by atoms with E-state index in [1.807, 2.05) is 58.2 Å². The van der Waals surface area contributed by atoms with Crippen LogP contribution in [-0.4, -0.2) is 36.5 Å². The van der Waals surface area contributed by atoms with Crippen molar-refractivity contribution in [3.63, 3.8) is 0 Å². The van der Waals surface area contributed by atoms with Crippen LogP contribution in [0.4, 0.5) is 0 Å². The van der Waals surface area contributed by atoms with Crippen molar-refractivity contribution in [3.8, 4) is 5.75 Å². The first-order valence-corrected chi connectivity index (χ1v) is 9.13. The van der Waals surface area contributed by atoms with Gasteiger partial charge in [0.1, 0.15) is 11.4 Å². The van der Waals surface area contributed by atoms with Gasteiger partial charge in [-0.25, -0.2) is 0 Å². The van der Waals surface area contributed by atoms with Crippen molar-refractivity contribution in [1.82, 2.24) is 0 Å². The molecule has 0 atom stereocenters. The molecule has 0 fully saturated rings. The van der Waals surface area contributed by atoms with Gasteiger partial charge in [0.15, 0.2) is 5.09 Å². The number of nitrogens with zero attached hydrogens (tertiary/aromatic N) is 1. The van der Waals surface area contributed by atoms with Gasteiger partial charge in [0.2, 0.25) is 5.90 Å². The van der Waals surface area contributed by atoms with Crippen molar-refractivity contribution < 1.29 is 14.2 Å². The Bertz CT molecular complexity index is 593. The van der Waals surface area contributed by atoms with Crippen LogP contribution in [0.25, 0.3) is 0 Å². The molecule has 7 heteroatoms. The molecule has 0 heterocycles. The van der Waals surface area contributed by atoms with E-state index in [1.54, 1.807) is 0 Å². The fourth-order valence-corrected chi connectivity index (χ4v) is 2.05. The van der Waals surface area contributed by atoms with Gasteiger partial charge < -0.3 is 25.8 Å². The van der Waals surface area contributed by atoms with E-state index in [2.05, 4.69) is 11.7 Å². The maximum atomic E-state index is 5.99. The van der Waals surface area contributed by atoms with Gasteiger partial charge in [-0.2, -0.15) is 0 Å². The number of thioether (sulfide) groups is 1. The second kappa shape index (κ2) is 9.12. The average molecular weight is 368 g/mol. The standard InChI is InChI=1S/C18H29N3O3S/c1-13(25-6)23-16(21-20)14-7-9-15(10-8-14)24-18(4,5)12-22-11-17(2,3)19/h7-10H,1,11-12,19-20H2,2-6H3/b21-16-. The number of hydrogen-bond acceptors (Lipinski definition) is 7. The van der Waals surface area contributed by atoms with Crippen molar-refractivity contribution >= 4 is 17.7 Å². The molecule has 140 valence electrons. The zero-order valence-corrected chi connectivity index (χ0v) is 16.5. The number of benzene rings is 1. The van der Waals surface area contributed by atoms with Gasteiger partial charge in [-0.15, -0.1) is 5.10 Å². The highest BCUT2D eigenvalue weighted by Gasteiger charge is 2.22. The molecule has 25 heavy (non-hydrogen) atoms. The molecule has 1 aromatic carbocycles.